The summed E-state index contributed by atoms with van der Waals surface area (Å²) in [6, 6.07) is 7.12. The first-order chi connectivity index (χ1) is 8.60. The van der Waals surface area contributed by atoms with Gasteiger partial charge in [-0.1, -0.05) is 25.4 Å². The molecule has 0 fully saturated rings. The van der Waals surface area contributed by atoms with Gasteiger partial charge in [0.15, 0.2) is 5.76 Å². The number of carbonyl (C=O) groups excluding carboxylic acids is 1. The molecule has 2 rings (SSSR count). The van der Waals surface area contributed by atoms with Crippen molar-refractivity contribution in [3.63, 3.8) is 0 Å². The number of ketones is 1. The standard InChI is InChI=1S/C14H15ClO2S/c1-3-9(2)18-8-12(16)14-7-10-6-11(15)4-5-13(10)17-14/h4-7,9H,3,8H2,1-2H3. The molecule has 0 N–H and O–H groups in total. The molecular formula is C14H15ClO2S. The molecule has 0 aliphatic heterocycles. The lowest BCUT2D eigenvalue weighted by atomic mass is 10.2. The fourth-order valence-electron chi connectivity index (χ4n) is 1.56. The van der Waals surface area contributed by atoms with E-state index in [0.717, 1.165) is 11.8 Å². The van der Waals surface area contributed by atoms with Gasteiger partial charge in [-0.25, -0.2) is 0 Å². The summed E-state index contributed by atoms with van der Waals surface area (Å²) < 4.78 is 5.53. The van der Waals surface area contributed by atoms with Crippen LogP contribution in [-0.4, -0.2) is 16.8 Å². The molecular weight excluding hydrogens is 268 g/mol. The predicted octanol–water partition coefficient (Wildman–Crippen LogP) is 4.80. The number of halogens is 1. The molecule has 0 bridgehead atoms. The number of Topliss-reactive ketones (excluding diaryl/α,β-unsaturated/α-hetero) is 1. The molecule has 1 atom stereocenters. The second-order valence-electron chi connectivity index (χ2n) is 4.25. The highest BCUT2D eigenvalue weighted by Crippen LogP contribution is 2.24. The Hall–Kier alpha value is -0.930. The lowest BCUT2D eigenvalue weighted by molar-refractivity contribution is 0.0994. The minimum absolute atomic E-state index is 0.0348. The van der Waals surface area contributed by atoms with Crippen molar-refractivity contribution in [3.05, 3.63) is 35.0 Å². The zero-order chi connectivity index (χ0) is 13.1. The first-order valence-corrected chi connectivity index (χ1v) is 7.36. The van der Waals surface area contributed by atoms with Crippen LogP contribution in [0.25, 0.3) is 11.0 Å². The lowest BCUT2D eigenvalue weighted by Gasteiger charge is -2.05. The minimum Gasteiger partial charge on any atom is -0.453 e. The van der Waals surface area contributed by atoms with E-state index in [2.05, 4.69) is 13.8 Å². The summed E-state index contributed by atoms with van der Waals surface area (Å²) in [5.74, 6) is 0.915. The van der Waals surface area contributed by atoms with Crippen LogP contribution in [-0.2, 0) is 0 Å². The Bertz CT molecular complexity index is 562. The molecule has 18 heavy (non-hydrogen) atoms. The SMILES string of the molecule is CCC(C)SCC(=O)c1cc2cc(Cl)ccc2o1. The van der Waals surface area contributed by atoms with Gasteiger partial charge in [0.25, 0.3) is 0 Å². The van der Waals surface area contributed by atoms with Gasteiger partial charge in [0, 0.05) is 15.7 Å². The quantitative estimate of drug-likeness (QED) is 0.738. The number of carbonyl (C=O) groups is 1. The maximum absolute atomic E-state index is 12.0. The molecule has 2 nitrogen and oxygen atoms in total. The topological polar surface area (TPSA) is 30.2 Å². The van der Waals surface area contributed by atoms with Crippen molar-refractivity contribution in [2.75, 3.05) is 5.75 Å². The van der Waals surface area contributed by atoms with Gasteiger partial charge in [-0.3, -0.25) is 4.79 Å². The molecule has 1 aromatic heterocycles. The van der Waals surface area contributed by atoms with Gasteiger partial charge in [0.05, 0.1) is 5.75 Å². The van der Waals surface area contributed by atoms with Crippen molar-refractivity contribution in [1.82, 2.24) is 0 Å². The largest absolute Gasteiger partial charge is 0.453 e. The number of furan rings is 1. The highest BCUT2D eigenvalue weighted by atomic mass is 35.5. The van der Waals surface area contributed by atoms with Gasteiger partial charge in [0.1, 0.15) is 5.58 Å². The molecule has 0 saturated heterocycles. The maximum Gasteiger partial charge on any atom is 0.207 e. The molecule has 96 valence electrons. The highest BCUT2D eigenvalue weighted by molar-refractivity contribution is 8.00. The number of hydrogen-bond acceptors (Lipinski definition) is 3. The first-order valence-electron chi connectivity index (χ1n) is 5.94. The summed E-state index contributed by atoms with van der Waals surface area (Å²) in [5.41, 5.74) is 0.705. The molecule has 4 heteroatoms. The van der Waals surface area contributed by atoms with Crippen LogP contribution in [0.15, 0.2) is 28.7 Å². The van der Waals surface area contributed by atoms with Crippen molar-refractivity contribution < 1.29 is 9.21 Å². The Morgan fingerprint density at radius 3 is 2.94 bits per heavy atom. The lowest BCUT2D eigenvalue weighted by Crippen LogP contribution is -2.04. The monoisotopic (exact) mass is 282 g/mol. The Kier molecular flexibility index (Phi) is 4.36. The van der Waals surface area contributed by atoms with Gasteiger partial charge >= 0.3 is 0 Å². The van der Waals surface area contributed by atoms with E-state index in [4.69, 9.17) is 16.0 Å². The van der Waals surface area contributed by atoms with Crippen LogP contribution in [0.3, 0.4) is 0 Å². The van der Waals surface area contributed by atoms with Gasteiger partial charge in [0.2, 0.25) is 5.78 Å². The summed E-state index contributed by atoms with van der Waals surface area (Å²) in [6.45, 7) is 4.24. The second kappa shape index (κ2) is 5.81. The van der Waals surface area contributed by atoms with Crippen molar-refractivity contribution in [2.45, 2.75) is 25.5 Å². The summed E-state index contributed by atoms with van der Waals surface area (Å²) in [4.78, 5) is 12.0. The van der Waals surface area contributed by atoms with E-state index in [0.29, 0.717) is 27.4 Å². The number of rotatable bonds is 5. The molecule has 0 radical (unpaired) electrons. The van der Waals surface area contributed by atoms with E-state index in [1.54, 1.807) is 36.0 Å². The van der Waals surface area contributed by atoms with E-state index in [-0.39, 0.29) is 5.78 Å². The van der Waals surface area contributed by atoms with Crippen molar-refractivity contribution in [2.24, 2.45) is 0 Å². The van der Waals surface area contributed by atoms with Crippen molar-refractivity contribution in [3.8, 4) is 0 Å². The molecule has 0 spiro atoms. The average Bonchev–Trinajstić information content (AvgIpc) is 2.78. The van der Waals surface area contributed by atoms with Gasteiger partial charge in [-0.15, -0.1) is 0 Å². The molecule has 1 aromatic carbocycles. The van der Waals surface area contributed by atoms with Gasteiger partial charge in [-0.05, 0) is 30.7 Å². The van der Waals surface area contributed by atoms with E-state index >= 15 is 0 Å². The molecule has 2 aromatic rings. The number of benzene rings is 1. The molecule has 1 unspecified atom stereocenters. The second-order valence-corrected chi connectivity index (χ2v) is 6.11. The Morgan fingerprint density at radius 1 is 1.44 bits per heavy atom. The van der Waals surface area contributed by atoms with Gasteiger partial charge in [-0.2, -0.15) is 11.8 Å². The van der Waals surface area contributed by atoms with E-state index in [1.165, 1.54) is 0 Å². The van der Waals surface area contributed by atoms with Crippen LogP contribution in [0.1, 0.15) is 30.8 Å². The van der Waals surface area contributed by atoms with E-state index in [1.807, 2.05) is 0 Å². The molecule has 0 aliphatic carbocycles. The average molecular weight is 283 g/mol. The summed E-state index contributed by atoms with van der Waals surface area (Å²) >= 11 is 7.56. The molecule has 0 amide bonds. The third-order valence-corrected chi connectivity index (χ3v) is 4.39. The van der Waals surface area contributed by atoms with Crippen LogP contribution >= 0.6 is 23.4 Å². The number of hydrogen-bond donors (Lipinski definition) is 0. The van der Waals surface area contributed by atoms with Crippen molar-refractivity contribution >= 4 is 40.1 Å². The van der Waals surface area contributed by atoms with Crippen LogP contribution in [0, 0.1) is 0 Å². The number of thioether (sulfide) groups is 1. The van der Waals surface area contributed by atoms with Crippen molar-refractivity contribution in [1.29, 1.82) is 0 Å². The summed E-state index contributed by atoms with van der Waals surface area (Å²) in [5, 5.41) is 2.02. The van der Waals surface area contributed by atoms with Crippen LogP contribution in [0.4, 0.5) is 0 Å². The third kappa shape index (κ3) is 3.09. The Morgan fingerprint density at radius 2 is 2.22 bits per heavy atom. The van der Waals surface area contributed by atoms with Crippen LogP contribution < -0.4 is 0 Å². The normalized spacial score (nSPS) is 12.8. The summed E-state index contributed by atoms with van der Waals surface area (Å²) in [7, 11) is 0. The van der Waals surface area contributed by atoms with E-state index < -0.39 is 0 Å². The van der Waals surface area contributed by atoms with Crippen LogP contribution in [0.5, 0.6) is 0 Å². The molecule has 1 heterocycles. The molecule has 0 aliphatic rings. The zero-order valence-electron chi connectivity index (χ0n) is 10.4. The summed E-state index contributed by atoms with van der Waals surface area (Å²) in [6.07, 6.45) is 1.06. The minimum atomic E-state index is 0.0348. The highest BCUT2D eigenvalue weighted by Gasteiger charge is 2.13. The maximum atomic E-state index is 12.0. The molecule has 0 saturated carbocycles. The fourth-order valence-corrected chi connectivity index (χ4v) is 2.55. The first kappa shape index (κ1) is 13.5. The fraction of sp³-hybridized carbons (Fsp3) is 0.357. The third-order valence-electron chi connectivity index (χ3n) is 2.83. The van der Waals surface area contributed by atoms with Gasteiger partial charge < -0.3 is 4.42 Å². The smallest absolute Gasteiger partial charge is 0.207 e. The van der Waals surface area contributed by atoms with E-state index in [9.17, 15) is 4.79 Å². The Balaban J connectivity index is 2.13. The number of fused-ring (bicyclic) bond motifs is 1. The predicted molar refractivity (Wildman–Crippen MR) is 77.8 cm³/mol. The van der Waals surface area contributed by atoms with Crippen LogP contribution in [0.2, 0.25) is 5.02 Å². The Labute approximate surface area is 116 Å². The zero-order valence-corrected chi connectivity index (χ0v) is 12.0.